The number of carbonyl (C=O) groups excluding carboxylic acids is 1. The number of benzene rings is 1. The van der Waals surface area contributed by atoms with Gasteiger partial charge in [0.05, 0.1) is 6.10 Å². The summed E-state index contributed by atoms with van der Waals surface area (Å²) < 4.78 is 5.49. The monoisotopic (exact) mass is 347 g/mol. The summed E-state index contributed by atoms with van der Waals surface area (Å²) in [5.41, 5.74) is 2.30. The number of anilines is 1. The van der Waals surface area contributed by atoms with Crippen LogP contribution in [0.4, 0.5) is 10.5 Å². The van der Waals surface area contributed by atoms with Crippen LogP contribution in [0.1, 0.15) is 31.2 Å². The van der Waals surface area contributed by atoms with Crippen molar-refractivity contribution in [3.05, 3.63) is 29.8 Å². The Morgan fingerprint density at radius 3 is 2.56 bits per heavy atom. The number of amides is 2. The molecule has 2 aliphatic heterocycles. The second-order valence-electron chi connectivity index (χ2n) is 6.98. The molecule has 3 N–H and O–H groups in total. The van der Waals surface area contributed by atoms with E-state index >= 15 is 0 Å². The highest BCUT2D eigenvalue weighted by atomic mass is 16.5. The van der Waals surface area contributed by atoms with E-state index in [0.29, 0.717) is 25.6 Å². The van der Waals surface area contributed by atoms with Crippen molar-refractivity contribution in [1.29, 1.82) is 0 Å². The molecule has 2 amide bonds. The van der Waals surface area contributed by atoms with Gasteiger partial charge < -0.3 is 25.4 Å². The molecule has 0 aromatic heterocycles. The average Bonchev–Trinajstić information content (AvgIpc) is 3.19. The first-order valence-corrected chi connectivity index (χ1v) is 9.32. The van der Waals surface area contributed by atoms with Gasteiger partial charge in [-0.1, -0.05) is 12.1 Å². The Labute approximate surface area is 149 Å². The molecule has 138 valence electrons. The molecule has 2 fully saturated rings. The van der Waals surface area contributed by atoms with Gasteiger partial charge in [-0.05, 0) is 49.3 Å². The third-order valence-electron chi connectivity index (χ3n) is 5.14. The largest absolute Gasteiger partial charge is 0.396 e. The van der Waals surface area contributed by atoms with Gasteiger partial charge in [-0.3, -0.25) is 0 Å². The van der Waals surface area contributed by atoms with Crippen molar-refractivity contribution in [3.63, 3.8) is 0 Å². The van der Waals surface area contributed by atoms with Crippen LogP contribution >= 0.6 is 0 Å². The van der Waals surface area contributed by atoms with E-state index in [1.165, 1.54) is 5.69 Å². The van der Waals surface area contributed by atoms with Crippen LogP contribution in [0, 0.1) is 5.92 Å². The first kappa shape index (κ1) is 18.0. The molecular formula is C19H29N3O3. The Bertz CT molecular complexity index is 535. The number of nitrogens with zero attached hydrogens (tertiary/aromatic N) is 1. The van der Waals surface area contributed by atoms with Gasteiger partial charge in [-0.15, -0.1) is 0 Å². The lowest BCUT2D eigenvalue weighted by molar-refractivity contribution is 0.111. The maximum absolute atomic E-state index is 11.8. The van der Waals surface area contributed by atoms with E-state index in [2.05, 4.69) is 39.8 Å². The van der Waals surface area contributed by atoms with Crippen LogP contribution < -0.4 is 15.5 Å². The number of hydrogen-bond donors (Lipinski definition) is 3. The van der Waals surface area contributed by atoms with E-state index in [1.54, 1.807) is 0 Å². The molecule has 2 aliphatic rings. The van der Waals surface area contributed by atoms with Gasteiger partial charge >= 0.3 is 6.03 Å². The van der Waals surface area contributed by atoms with E-state index in [0.717, 1.165) is 50.9 Å². The number of rotatable bonds is 6. The number of urea groups is 1. The Hall–Kier alpha value is -1.79. The van der Waals surface area contributed by atoms with Crippen molar-refractivity contribution in [2.24, 2.45) is 5.92 Å². The molecule has 0 aliphatic carbocycles. The number of carbonyl (C=O) groups is 1. The predicted molar refractivity (Wildman–Crippen MR) is 97.7 cm³/mol. The fraction of sp³-hybridized carbons (Fsp3) is 0.632. The van der Waals surface area contributed by atoms with E-state index in [9.17, 15) is 9.90 Å². The Morgan fingerprint density at radius 1 is 1.16 bits per heavy atom. The molecule has 0 unspecified atom stereocenters. The first-order chi connectivity index (χ1) is 12.2. The van der Waals surface area contributed by atoms with Gasteiger partial charge in [0.15, 0.2) is 0 Å². The van der Waals surface area contributed by atoms with Gasteiger partial charge in [0.1, 0.15) is 0 Å². The minimum absolute atomic E-state index is 0.148. The number of aliphatic hydroxyl groups excluding tert-OH is 1. The fourth-order valence-electron chi connectivity index (χ4n) is 3.46. The molecule has 6 heteroatoms. The molecule has 6 nitrogen and oxygen atoms in total. The third kappa shape index (κ3) is 5.34. The number of hydrogen-bond acceptors (Lipinski definition) is 4. The Balaban J connectivity index is 1.39. The highest BCUT2D eigenvalue weighted by Gasteiger charge is 2.18. The van der Waals surface area contributed by atoms with Gasteiger partial charge in [0.2, 0.25) is 0 Å². The molecule has 0 radical (unpaired) electrons. The van der Waals surface area contributed by atoms with Crippen LogP contribution in [-0.2, 0) is 11.3 Å². The fourth-order valence-corrected chi connectivity index (χ4v) is 3.46. The molecule has 1 aromatic rings. The van der Waals surface area contributed by atoms with E-state index in [4.69, 9.17) is 4.74 Å². The molecule has 2 saturated heterocycles. The van der Waals surface area contributed by atoms with Crippen LogP contribution in [0.25, 0.3) is 0 Å². The lowest BCUT2D eigenvalue weighted by Crippen LogP contribution is -2.39. The molecule has 1 atom stereocenters. The minimum Gasteiger partial charge on any atom is -0.396 e. The summed E-state index contributed by atoms with van der Waals surface area (Å²) >= 11 is 0. The van der Waals surface area contributed by atoms with E-state index < -0.39 is 0 Å². The summed E-state index contributed by atoms with van der Waals surface area (Å²) in [6, 6.07) is 8.20. The van der Waals surface area contributed by atoms with E-state index in [1.807, 2.05) is 0 Å². The van der Waals surface area contributed by atoms with Gasteiger partial charge in [0.25, 0.3) is 0 Å². The maximum atomic E-state index is 11.8. The van der Waals surface area contributed by atoms with Crippen LogP contribution in [0.2, 0.25) is 0 Å². The van der Waals surface area contributed by atoms with Crippen molar-refractivity contribution < 1.29 is 14.6 Å². The number of nitrogens with one attached hydrogen (secondary N) is 2. The smallest absolute Gasteiger partial charge is 0.315 e. The lowest BCUT2D eigenvalue weighted by Gasteiger charge is -2.33. The molecule has 0 spiro atoms. The summed E-state index contributed by atoms with van der Waals surface area (Å²) in [7, 11) is 0. The maximum Gasteiger partial charge on any atom is 0.315 e. The number of piperidine rings is 1. The van der Waals surface area contributed by atoms with Crippen LogP contribution in [0.3, 0.4) is 0 Å². The van der Waals surface area contributed by atoms with Gasteiger partial charge in [-0.25, -0.2) is 4.79 Å². The molecule has 3 rings (SSSR count). The standard InChI is InChI=1S/C19H29N3O3/c23-14-16-7-9-22(10-8-16)17-5-3-15(4-6-17)12-20-19(24)21-13-18-2-1-11-25-18/h3-6,16,18,23H,1-2,7-14H2,(H2,20,21,24)/t18-/m0/s1. The van der Waals surface area contributed by atoms with Crippen LogP contribution in [0.5, 0.6) is 0 Å². The quantitative estimate of drug-likeness (QED) is 0.734. The Morgan fingerprint density at radius 2 is 1.92 bits per heavy atom. The molecule has 25 heavy (non-hydrogen) atoms. The third-order valence-corrected chi connectivity index (χ3v) is 5.14. The second-order valence-corrected chi connectivity index (χ2v) is 6.98. The number of ether oxygens (including phenoxy) is 1. The predicted octanol–water partition coefficient (Wildman–Crippen LogP) is 1.87. The van der Waals surface area contributed by atoms with Crippen molar-refractivity contribution in [3.8, 4) is 0 Å². The minimum atomic E-state index is -0.148. The van der Waals surface area contributed by atoms with E-state index in [-0.39, 0.29) is 12.1 Å². The lowest BCUT2D eigenvalue weighted by atomic mass is 9.97. The SMILES string of the molecule is O=C(NCc1ccc(N2CCC(CO)CC2)cc1)NC[C@@H]1CCCO1. The first-order valence-electron chi connectivity index (χ1n) is 9.32. The summed E-state index contributed by atoms with van der Waals surface area (Å²) in [5.74, 6) is 0.452. The van der Waals surface area contributed by atoms with Crippen molar-refractivity contribution in [1.82, 2.24) is 10.6 Å². The topological polar surface area (TPSA) is 73.8 Å². The Kier molecular flexibility index (Phi) is 6.53. The molecule has 0 bridgehead atoms. The van der Waals surface area contributed by atoms with Crippen LogP contribution in [0.15, 0.2) is 24.3 Å². The highest BCUT2D eigenvalue weighted by Crippen LogP contribution is 2.23. The van der Waals surface area contributed by atoms with Crippen molar-refractivity contribution in [2.45, 2.75) is 38.3 Å². The normalized spacial score (nSPS) is 21.3. The zero-order valence-electron chi connectivity index (χ0n) is 14.7. The molecule has 1 aromatic carbocycles. The second kappa shape index (κ2) is 9.06. The summed E-state index contributed by atoms with van der Waals surface area (Å²) in [4.78, 5) is 14.2. The summed E-state index contributed by atoms with van der Waals surface area (Å²) in [5, 5.41) is 15.0. The zero-order valence-corrected chi connectivity index (χ0v) is 14.7. The average molecular weight is 347 g/mol. The van der Waals surface area contributed by atoms with Crippen LogP contribution in [-0.4, -0.2) is 50.1 Å². The number of aliphatic hydroxyl groups is 1. The molecule has 2 heterocycles. The summed E-state index contributed by atoms with van der Waals surface area (Å²) in [6.07, 6.45) is 4.37. The molecule has 0 saturated carbocycles. The summed E-state index contributed by atoms with van der Waals surface area (Å²) in [6.45, 7) is 4.19. The highest BCUT2D eigenvalue weighted by molar-refractivity contribution is 5.73. The molecular weight excluding hydrogens is 318 g/mol. The van der Waals surface area contributed by atoms with Crippen molar-refractivity contribution >= 4 is 11.7 Å². The van der Waals surface area contributed by atoms with Gasteiger partial charge in [-0.2, -0.15) is 0 Å². The van der Waals surface area contributed by atoms with Crippen molar-refractivity contribution in [2.75, 3.05) is 37.7 Å². The zero-order chi connectivity index (χ0) is 17.5. The van der Waals surface area contributed by atoms with Gasteiger partial charge in [0, 0.05) is 45.1 Å².